The predicted molar refractivity (Wildman–Crippen MR) is 40.3 cm³/mol. The second-order valence-corrected chi connectivity index (χ2v) is 2.28. The van der Waals surface area contributed by atoms with Crippen LogP contribution in [0.4, 0.5) is 0 Å². The zero-order valence-corrected chi connectivity index (χ0v) is 6.72. The fourth-order valence-electron chi connectivity index (χ4n) is 0.460. The molecule has 0 fully saturated rings. The Morgan fingerprint density at radius 3 is 2.90 bits per heavy atom. The maximum absolute atomic E-state index is 5.52. The molecule has 1 rings (SSSR count). The molecular formula is C4H5Cl2N3O. The quantitative estimate of drug-likeness (QED) is 0.414. The van der Waals surface area contributed by atoms with Gasteiger partial charge in [0.05, 0.1) is 7.11 Å². The summed E-state index contributed by atoms with van der Waals surface area (Å²) in [6.45, 7) is 0.271. The van der Waals surface area contributed by atoms with Crippen LogP contribution in [0.25, 0.3) is 0 Å². The molecule has 10 heavy (non-hydrogen) atoms. The first-order valence-corrected chi connectivity index (χ1v) is 3.21. The number of rotatable bonds is 0. The van der Waals surface area contributed by atoms with Crippen LogP contribution in [0.2, 0.25) is 0 Å². The zero-order valence-electron chi connectivity index (χ0n) is 5.21. The van der Waals surface area contributed by atoms with Gasteiger partial charge in [0.1, 0.15) is 6.67 Å². The van der Waals surface area contributed by atoms with Crippen molar-refractivity contribution < 1.29 is 4.74 Å². The second kappa shape index (κ2) is 3.07. The lowest BCUT2D eigenvalue weighted by atomic mass is 10.9. The molecule has 0 bridgehead atoms. The van der Waals surface area contributed by atoms with Gasteiger partial charge in [-0.2, -0.15) is 4.99 Å². The zero-order chi connectivity index (χ0) is 7.56. The molecular weight excluding hydrogens is 177 g/mol. The topological polar surface area (TPSA) is 37.2 Å². The predicted octanol–water partition coefficient (Wildman–Crippen LogP) is 1.01. The molecule has 4 nitrogen and oxygen atoms in total. The summed E-state index contributed by atoms with van der Waals surface area (Å²) in [5.74, 6) is 0. The van der Waals surface area contributed by atoms with Crippen LogP contribution < -0.4 is 0 Å². The van der Waals surface area contributed by atoms with Crippen molar-refractivity contribution >= 4 is 34.7 Å². The molecule has 0 saturated heterocycles. The second-order valence-electron chi connectivity index (χ2n) is 1.53. The standard InChI is InChI=1S/C4H5Cl2N3O/c1-10-4-7-2-9(6)3(5)8-4/h2H2,1H3. The summed E-state index contributed by atoms with van der Waals surface area (Å²) in [5.41, 5.74) is 0. The largest absolute Gasteiger partial charge is 0.467 e. The van der Waals surface area contributed by atoms with E-state index in [0.29, 0.717) is 0 Å². The van der Waals surface area contributed by atoms with Crippen molar-refractivity contribution in [1.29, 1.82) is 0 Å². The number of halogens is 2. The Morgan fingerprint density at radius 2 is 2.40 bits per heavy atom. The lowest BCUT2D eigenvalue weighted by Crippen LogP contribution is -2.23. The van der Waals surface area contributed by atoms with E-state index in [2.05, 4.69) is 9.98 Å². The van der Waals surface area contributed by atoms with E-state index in [4.69, 9.17) is 28.1 Å². The van der Waals surface area contributed by atoms with Crippen LogP contribution in [0.1, 0.15) is 0 Å². The van der Waals surface area contributed by atoms with Crippen molar-refractivity contribution in [3.63, 3.8) is 0 Å². The normalized spacial score (nSPS) is 18.1. The van der Waals surface area contributed by atoms with Crippen LogP contribution in [-0.4, -0.2) is 29.5 Å². The third-order valence-corrected chi connectivity index (χ3v) is 1.54. The van der Waals surface area contributed by atoms with Gasteiger partial charge in [-0.25, -0.2) is 9.41 Å². The van der Waals surface area contributed by atoms with E-state index in [-0.39, 0.29) is 18.0 Å². The fourth-order valence-corrected chi connectivity index (χ4v) is 0.677. The fraction of sp³-hybridized carbons (Fsp3) is 0.500. The van der Waals surface area contributed by atoms with E-state index in [1.807, 2.05) is 0 Å². The summed E-state index contributed by atoms with van der Waals surface area (Å²) in [5, 5.41) is 0.175. The Labute approximate surface area is 68.2 Å². The van der Waals surface area contributed by atoms with Gasteiger partial charge in [-0.1, -0.05) is 0 Å². The molecule has 0 amide bonds. The molecule has 1 heterocycles. The minimum absolute atomic E-state index is 0.175. The van der Waals surface area contributed by atoms with Gasteiger partial charge in [-0.05, 0) is 11.6 Å². The van der Waals surface area contributed by atoms with Crippen molar-refractivity contribution in [2.75, 3.05) is 13.8 Å². The Hall–Kier alpha value is -0.480. The van der Waals surface area contributed by atoms with Gasteiger partial charge in [0.25, 0.3) is 0 Å². The van der Waals surface area contributed by atoms with Crippen LogP contribution in [0, 0.1) is 0 Å². The average Bonchev–Trinajstić information content (AvgIpc) is 1.95. The van der Waals surface area contributed by atoms with Crippen LogP contribution in [0.3, 0.4) is 0 Å². The lowest BCUT2D eigenvalue weighted by Gasteiger charge is -2.14. The van der Waals surface area contributed by atoms with Crippen LogP contribution >= 0.6 is 23.4 Å². The third kappa shape index (κ3) is 1.52. The van der Waals surface area contributed by atoms with Gasteiger partial charge in [-0.15, -0.1) is 0 Å². The summed E-state index contributed by atoms with van der Waals surface area (Å²) in [6.07, 6.45) is 0. The highest BCUT2D eigenvalue weighted by atomic mass is 35.5. The van der Waals surface area contributed by atoms with Crippen LogP contribution in [0.15, 0.2) is 9.98 Å². The number of ether oxygens (including phenoxy) is 1. The van der Waals surface area contributed by atoms with Gasteiger partial charge < -0.3 is 4.74 Å². The monoisotopic (exact) mass is 181 g/mol. The molecule has 1 aliphatic rings. The Bertz CT molecular complexity index is 191. The summed E-state index contributed by atoms with van der Waals surface area (Å²) in [6, 6.07) is 0.252. The first kappa shape index (κ1) is 7.63. The third-order valence-electron chi connectivity index (χ3n) is 0.901. The van der Waals surface area contributed by atoms with Gasteiger partial charge in [-0.3, -0.25) is 0 Å². The minimum Gasteiger partial charge on any atom is -0.467 e. The van der Waals surface area contributed by atoms with Gasteiger partial charge in [0, 0.05) is 11.8 Å². The molecule has 0 aromatic carbocycles. The van der Waals surface area contributed by atoms with Crippen LogP contribution in [-0.2, 0) is 4.74 Å². The molecule has 0 aromatic rings. The summed E-state index contributed by atoms with van der Waals surface area (Å²) < 4.78 is 5.89. The van der Waals surface area contributed by atoms with Crippen LogP contribution in [0.5, 0.6) is 0 Å². The Morgan fingerprint density at radius 1 is 1.70 bits per heavy atom. The lowest BCUT2D eigenvalue weighted by molar-refractivity contribution is 0.388. The molecule has 0 spiro atoms. The molecule has 56 valence electrons. The van der Waals surface area contributed by atoms with Crippen molar-refractivity contribution in [3.05, 3.63) is 0 Å². The van der Waals surface area contributed by atoms with Crippen molar-refractivity contribution in [2.24, 2.45) is 9.98 Å². The van der Waals surface area contributed by atoms with Gasteiger partial charge in [0.2, 0.25) is 5.29 Å². The van der Waals surface area contributed by atoms with Crippen molar-refractivity contribution in [1.82, 2.24) is 4.42 Å². The summed E-state index contributed by atoms with van der Waals surface area (Å²) in [4.78, 5) is 7.48. The molecule has 0 aromatic heterocycles. The van der Waals surface area contributed by atoms with Gasteiger partial charge in [0.15, 0.2) is 0 Å². The smallest absolute Gasteiger partial charge is 0.316 e. The maximum atomic E-state index is 5.52. The number of nitrogens with zero attached hydrogens (tertiary/aromatic N) is 3. The summed E-state index contributed by atoms with van der Waals surface area (Å²) >= 11 is 11.0. The van der Waals surface area contributed by atoms with E-state index >= 15 is 0 Å². The van der Waals surface area contributed by atoms with E-state index in [1.54, 1.807) is 0 Å². The highest BCUT2D eigenvalue weighted by Gasteiger charge is 2.12. The minimum atomic E-state index is 0.175. The molecule has 0 radical (unpaired) electrons. The first-order valence-electron chi connectivity index (χ1n) is 2.50. The number of hydrogen-bond acceptors (Lipinski definition) is 4. The number of hydrogen-bond donors (Lipinski definition) is 0. The number of aliphatic imine (C=N–C) groups is 2. The molecule has 1 aliphatic heterocycles. The highest BCUT2D eigenvalue weighted by Crippen LogP contribution is 2.07. The molecule has 0 saturated carbocycles. The van der Waals surface area contributed by atoms with E-state index in [0.717, 1.165) is 0 Å². The molecule has 0 aliphatic carbocycles. The molecule has 6 heteroatoms. The highest BCUT2D eigenvalue weighted by molar-refractivity contribution is 6.67. The maximum Gasteiger partial charge on any atom is 0.316 e. The van der Waals surface area contributed by atoms with Crippen molar-refractivity contribution in [3.8, 4) is 0 Å². The number of methoxy groups -OCH3 is 1. The molecule has 0 atom stereocenters. The Balaban J connectivity index is 2.69. The van der Waals surface area contributed by atoms with E-state index in [9.17, 15) is 0 Å². The van der Waals surface area contributed by atoms with E-state index < -0.39 is 0 Å². The van der Waals surface area contributed by atoms with Crippen molar-refractivity contribution in [2.45, 2.75) is 0 Å². The van der Waals surface area contributed by atoms with E-state index in [1.165, 1.54) is 11.5 Å². The summed E-state index contributed by atoms with van der Waals surface area (Å²) in [7, 11) is 1.47. The van der Waals surface area contributed by atoms with Gasteiger partial charge >= 0.3 is 6.02 Å². The molecule has 0 N–H and O–H groups in total. The molecule has 0 unspecified atom stereocenters. The Kier molecular flexibility index (Phi) is 2.34. The SMILES string of the molecule is COC1=NCN(Cl)C(Cl)=N1. The number of amidine groups is 2. The first-order chi connectivity index (χ1) is 4.74. The average molecular weight is 182 g/mol.